The van der Waals surface area contributed by atoms with Crippen molar-refractivity contribution in [3.8, 4) is 0 Å². The van der Waals surface area contributed by atoms with Crippen LogP contribution in [0.1, 0.15) is 27.7 Å². The maximum atomic E-state index is 9.87. The normalized spacial score (nSPS) is 10.6. The molecule has 0 saturated carbocycles. The third-order valence-corrected chi connectivity index (χ3v) is 0.984. The van der Waals surface area contributed by atoms with E-state index in [4.69, 9.17) is 4.55 Å². The Morgan fingerprint density at radius 3 is 1.85 bits per heavy atom. The van der Waals surface area contributed by atoms with Crippen LogP contribution in [0.2, 0.25) is 0 Å². The quantitative estimate of drug-likeness (QED) is 0.572. The van der Waals surface area contributed by atoms with Gasteiger partial charge in [-0.25, -0.2) is 4.18 Å². The first-order valence-corrected chi connectivity index (χ1v) is 5.25. The lowest BCUT2D eigenvalue weighted by Gasteiger charge is -2.00. The molecule has 0 radical (unpaired) electrons. The standard InChI is InChI=1S/C4H10O4S.C4H8/c1-4(2)3-8-9(5,6)7;1-4(2)3/h4H,3H2,1-2H3,(H,5,6,7);1H2,2-3H3. The summed E-state index contributed by atoms with van der Waals surface area (Å²) in [5, 5.41) is 0. The van der Waals surface area contributed by atoms with Gasteiger partial charge in [0.1, 0.15) is 0 Å². The van der Waals surface area contributed by atoms with Gasteiger partial charge < -0.3 is 0 Å². The molecule has 0 atom stereocenters. The molecule has 13 heavy (non-hydrogen) atoms. The van der Waals surface area contributed by atoms with Gasteiger partial charge in [0.25, 0.3) is 0 Å². The molecule has 5 heteroatoms. The van der Waals surface area contributed by atoms with Crippen LogP contribution in [0.25, 0.3) is 0 Å². The van der Waals surface area contributed by atoms with Crippen molar-refractivity contribution < 1.29 is 17.2 Å². The Hall–Kier alpha value is -0.390. The predicted molar refractivity (Wildman–Crippen MR) is 52.8 cm³/mol. The maximum Gasteiger partial charge on any atom is 0.397 e. The Morgan fingerprint density at radius 1 is 1.46 bits per heavy atom. The van der Waals surface area contributed by atoms with Crippen LogP contribution in [0.5, 0.6) is 0 Å². The Kier molecular flexibility index (Phi) is 8.20. The first-order valence-electron chi connectivity index (χ1n) is 3.89. The third kappa shape index (κ3) is 34.1. The number of hydrogen-bond acceptors (Lipinski definition) is 3. The minimum absolute atomic E-state index is 0.0266. The van der Waals surface area contributed by atoms with E-state index in [2.05, 4.69) is 10.8 Å². The molecule has 0 aliphatic carbocycles. The summed E-state index contributed by atoms with van der Waals surface area (Å²) < 4.78 is 31.8. The summed E-state index contributed by atoms with van der Waals surface area (Å²) in [5.74, 6) is 0.104. The maximum absolute atomic E-state index is 9.87. The molecule has 0 fully saturated rings. The number of hydrogen-bond donors (Lipinski definition) is 1. The lowest BCUT2D eigenvalue weighted by molar-refractivity contribution is 0.238. The molecular weight excluding hydrogens is 192 g/mol. The Balaban J connectivity index is 0. The molecule has 0 rings (SSSR count). The first kappa shape index (κ1) is 15.1. The van der Waals surface area contributed by atoms with E-state index in [0.29, 0.717) is 0 Å². The van der Waals surface area contributed by atoms with E-state index < -0.39 is 10.4 Å². The van der Waals surface area contributed by atoms with Gasteiger partial charge in [-0.1, -0.05) is 19.4 Å². The summed E-state index contributed by atoms with van der Waals surface area (Å²) in [7, 11) is -4.22. The van der Waals surface area contributed by atoms with Crippen molar-refractivity contribution in [2.24, 2.45) is 5.92 Å². The van der Waals surface area contributed by atoms with E-state index in [1.54, 1.807) is 13.8 Å². The molecule has 0 aromatic rings. The summed E-state index contributed by atoms with van der Waals surface area (Å²) in [5.41, 5.74) is 1.17. The second kappa shape index (κ2) is 7.06. The molecule has 0 aliphatic rings. The highest BCUT2D eigenvalue weighted by Gasteiger charge is 2.04. The highest BCUT2D eigenvalue weighted by atomic mass is 32.3. The van der Waals surface area contributed by atoms with Gasteiger partial charge in [-0.15, -0.1) is 6.58 Å². The zero-order valence-electron chi connectivity index (χ0n) is 8.57. The average molecular weight is 210 g/mol. The third-order valence-electron chi connectivity index (χ3n) is 0.550. The van der Waals surface area contributed by atoms with Crippen LogP contribution in [0.15, 0.2) is 12.2 Å². The Morgan fingerprint density at radius 2 is 1.77 bits per heavy atom. The van der Waals surface area contributed by atoms with E-state index in [1.165, 1.54) is 5.57 Å². The second-order valence-corrected chi connectivity index (χ2v) is 4.40. The number of allylic oxidation sites excluding steroid dienone is 1. The van der Waals surface area contributed by atoms with Crippen molar-refractivity contribution in [1.82, 2.24) is 0 Å². The summed E-state index contributed by atoms with van der Waals surface area (Å²) in [6.45, 7) is 11.1. The summed E-state index contributed by atoms with van der Waals surface area (Å²) in [6.07, 6.45) is 0. The van der Waals surface area contributed by atoms with E-state index in [9.17, 15) is 8.42 Å². The van der Waals surface area contributed by atoms with Crippen molar-refractivity contribution in [3.05, 3.63) is 12.2 Å². The average Bonchev–Trinajstić information content (AvgIpc) is 1.80. The summed E-state index contributed by atoms with van der Waals surface area (Å²) in [6, 6.07) is 0. The molecule has 0 amide bonds. The molecule has 0 aliphatic heterocycles. The fraction of sp³-hybridized carbons (Fsp3) is 0.750. The molecule has 80 valence electrons. The molecule has 0 spiro atoms. The van der Waals surface area contributed by atoms with Crippen molar-refractivity contribution in [2.45, 2.75) is 27.7 Å². The van der Waals surface area contributed by atoms with Gasteiger partial charge in [-0.3, -0.25) is 4.55 Å². The summed E-state index contributed by atoms with van der Waals surface area (Å²) >= 11 is 0. The lowest BCUT2D eigenvalue weighted by Crippen LogP contribution is -2.08. The molecule has 0 heterocycles. The predicted octanol–water partition coefficient (Wildman–Crippen LogP) is 2.04. The smallest absolute Gasteiger partial charge is 0.264 e. The topological polar surface area (TPSA) is 63.6 Å². The van der Waals surface area contributed by atoms with Gasteiger partial charge in [0.05, 0.1) is 6.61 Å². The monoisotopic (exact) mass is 210 g/mol. The van der Waals surface area contributed by atoms with Gasteiger partial charge in [-0.05, 0) is 19.8 Å². The molecule has 0 aromatic heterocycles. The van der Waals surface area contributed by atoms with Crippen molar-refractivity contribution in [3.63, 3.8) is 0 Å². The van der Waals surface area contributed by atoms with Gasteiger partial charge in [0.15, 0.2) is 0 Å². The Labute approximate surface area is 80.6 Å². The largest absolute Gasteiger partial charge is 0.397 e. The van der Waals surface area contributed by atoms with Crippen LogP contribution in [0.3, 0.4) is 0 Å². The molecule has 0 aromatic carbocycles. The minimum Gasteiger partial charge on any atom is -0.264 e. The Bertz CT molecular complexity index is 225. The van der Waals surface area contributed by atoms with Gasteiger partial charge in [-0.2, -0.15) is 8.42 Å². The SMILES string of the molecule is C=C(C)C.CC(C)COS(=O)(=O)O. The van der Waals surface area contributed by atoms with Crippen LogP contribution in [-0.4, -0.2) is 19.6 Å². The van der Waals surface area contributed by atoms with Gasteiger partial charge in [0.2, 0.25) is 0 Å². The highest BCUT2D eigenvalue weighted by molar-refractivity contribution is 7.80. The lowest BCUT2D eigenvalue weighted by atomic mass is 10.2. The van der Waals surface area contributed by atoms with E-state index >= 15 is 0 Å². The van der Waals surface area contributed by atoms with Crippen LogP contribution in [0, 0.1) is 5.92 Å². The van der Waals surface area contributed by atoms with Gasteiger partial charge >= 0.3 is 10.4 Å². The fourth-order valence-electron chi connectivity index (χ4n) is 0.222. The van der Waals surface area contributed by atoms with Crippen LogP contribution >= 0.6 is 0 Å². The van der Waals surface area contributed by atoms with Crippen molar-refractivity contribution >= 4 is 10.4 Å². The summed E-state index contributed by atoms with van der Waals surface area (Å²) in [4.78, 5) is 0. The zero-order valence-corrected chi connectivity index (χ0v) is 9.39. The number of rotatable bonds is 3. The minimum atomic E-state index is -4.22. The van der Waals surface area contributed by atoms with E-state index in [1.807, 2.05) is 13.8 Å². The molecule has 0 unspecified atom stereocenters. The van der Waals surface area contributed by atoms with Crippen molar-refractivity contribution in [2.75, 3.05) is 6.61 Å². The first-order chi connectivity index (χ1) is 5.65. The van der Waals surface area contributed by atoms with E-state index in [-0.39, 0.29) is 12.5 Å². The zero-order chi connectivity index (χ0) is 11.1. The fourth-order valence-corrected chi connectivity index (χ4v) is 0.666. The molecule has 4 nitrogen and oxygen atoms in total. The van der Waals surface area contributed by atoms with Crippen LogP contribution in [0.4, 0.5) is 0 Å². The van der Waals surface area contributed by atoms with Gasteiger partial charge in [0, 0.05) is 0 Å². The van der Waals surface area contributed by atoms with Crippen molar-refractivity contribution in [1.29, 1.82) is 0 Å². The van der Waals surface area contributed by atoms with Crippen LogP contribution in [-0.2, 0) is 14.6 Å². The highest BCUT2D eigenvalue weighted by Crippen LogP contribution is 1.95. The molecule has 0 bridgehead atoms. The molecule has 1 N–H and O–H groups in total. The molecular formula is C8H18O4S. The van der Waals surface area contributed by atoms with Crippen LogP contribution < -0.4 is 0 Å². The van der Waals surface area contributed by atoms with E-state index in [0.717, 1.165) is 0 Å². The second-order valence-electron chi connectivity index (χ2n) is 3.31. The molecule has 0 saturated heterocycles.